The summed E-state index contributed by atoms with van der Waals surface area (Å²) in [6.45, 7) is 0.194. The molecule has 0 aromatic heterocycles. The number of aliphatic hydroxyl groups is 2. The van der Waals surface area contributed by atoms with Gasteiger partial charge in [-0.05, 0) is 72.9 Å². The second-order valence-electron chi connectivity index (χ2n) is 6.91. The van der Waals surface area contributed by atoms with Crippen LogP contribution in [0.4, 0.5) is 0 Å². The Labute approximate surface area is 177 Å². The van der Waals surface area contributed by atoms with Gasteiger partial charge in [0.25, 0.3) is 0 Å². The average Bonchev–Trinajstić information content (AvgIpc) is 2.71. The van der Waals surface area contributed by atoms with Crippen molar-refractivity contribution in [1.29, 1.82) is 0 Å². The van der Waals surface area contributed by atoms with Crippen LogP contribution in [0.2, 0.25) is 10.0 Å². The molecule has 0 saturated heterocycles. The first-order valence-corrected chi connectivity index (χ1v) is 10.1. The standard InChI is InChI=1S/C22H28Cl2O4/c1-27-21-12-15(5-7-19(21)23)10-17(4-3-9-25)18(14-26)11-16-6-8-20(24)22(13-16)28-2/h5-8,12-13,17-18,25-26H,3-4,9-11,14H2,1-2H3/t17-,18+/m0/s1. The minimum Gasteiger partial charge on any atom is -0.495 e. The predicted molar refractivity (Wildman–Crippen MR) is 114 cm³/mol. The molecule has 0 aliphatic carbocycles. The van der Waals surface area contributed by atoms with E-state index in [2.05, 4.69) is 0 Å². The number of hydrogen-bond acceptors (Lipinski definition) is 4. The topological polar surface area (TPSA) is 58.9 Å². The van der Waals surface area contributed by atoms with Gasteiger partial charge in [0.1, 0.15) is 11.5 Å². The third-order valence-electron chi connectivity index (χ3n) is 5.06. The lowest BCUT2D eigenvalue weighted by atomic mass is 9.80. The third kappa shape index (κ3) is 6.28. The van der Waals surface area contributed by atoms with E-state index in [0.717, 1.165) is 24.0 Å². The Kier molecular flexibility index (Phi) is 9.39. The summed E-state index contributed by atoms with van der Waals surface area (Å²) in [5, 5.41) is 20.5. The Balaban J connectivity index is 2.21. The van der Waals surface area contributed by atoms with Gasteiger partial charge in [0.05, 0.1) is 24.3 Å². The lowest BCUT2D eigenvalue weighted by Crippen LogP contribution is -2.23. The van der Waals surface area contributed by atoms with Gasteiger partial charge in [-0.2, -0.15) is 0 Å². The summed E-state index contributed by atoms with van der Waals surface area (Å²) in [6, 6.07) is 11.4. The monoisotopic (exact) mass is 426 g/mol. The number of benzene rings is 2. The average molecular weight is 427 g/mol. The Morgan fingerprint density at radius 1 is 0.821 bits per heavy atom. The van der Waals surface area contributed by atoms with Crippen molar-refractivity contribution in [3.63, 3.8) is 0 Å². The van der Waals surface area contributed by atoms with Gasteiger partial charge in [-0.15, -0.1) is 0 Å². The zero-order chi connectivity index (χ0) is 20.5. The van der Waals surface area contributed by atoms with Crippen LogP contribution in [0.15, 0.2) is 36.4 Å². The number of aliphatic hydroxyl groups excluding tert-OH is 2. The van der Waals surface area contributed by atoms with Gasteiger partial charge in [0, 0.05) is 13.2 Å². The molecule has 2 rings (SSSR count). The number of hydrogen-bond donors (Lipinski definition) is 2. The molecule has 0 aliphatic rings. The lowest BCUT2D eigenvalue weighted by molar-refractivity contribution is 0.158. The first-order valence-electron chi connectivity index (χ1n) is 9.38. The maximum Gasteiger partial charge on any atom is 0.137 e. The molecular formula is C22H28Cl2O4. The highest BCUT2D eigenvalue weighted by atomic mass is 35.5. The maximum absolute atomic E-state index is 10.1. The van der Waals surface area contributed by atoms with Crippen LogP contribution in [0.1, 0.15) is 24.0 Å². The minimum absolute atomic E-state index is 0.0408. The first kappa shape index (κ1) is 22.8. The molecular weight excluding hydrogens is 399 g/mol. The largest absolute Gasteiger partial charge is 0.495 e. The molecule has 0 radical (unpaired) electrons. The molecule has 6 heteroatoms. The van der Waals surface area contributed by atoms with Crippen LogP contribution in [0, 0.1) is 11.8 Å². The maximum atomic E-state index is 10.1. The van der Waals surface area contributed by atoms with Crippen LogP contribution in [-0.4, -0.2) is 37.6 Å². The molecule has 28 heavy (non-hydrogen) atoms. The van der Waals surface area contributed by atoms with Crippen LogP contribution in [0.3, 0.4) is 0 Å². The van der Waals surface area contributed by atoms with E-state index in [9.17, 15) is 10.2 Å². The van der Waals surface area contributed by atoms with Crippen molar-refractivity contribution in [3.8, 4) is 11.5 Å². The molecule has 154 valence electrons. The van der Waals surface area contributed by atoms with E-state index in [-0.39, 0.29) is 25.0 Å². The fourth-order valence-corrected chi connectivity index (χ4v) is 3.90. The van der Waals surface area contributed by atoms with Gasteiger partial charge >= 0.3 is 0 Å². The number of rotatable bonds is 11. The highest BCUT2D eigenvalue weighted by Crippen LogP contribution is 2.32. The fourth-order valence-electron chi connectivity index (χ4n) is 3.51. The van der Waals surface area contributed by atoms with Gasteiger partial charge in [0.2, 0.25) is 0 Å². The molecule has 0 amide bonds. The molecule has 0 heterocycles. The Morgan fingerprint density at radius 3 is 1.75 bits per heavy atom. The van der Waals surface area contributed by atoms with Gasteiger partial charge in [0.15, 0.2) is 0 Å². The third-order valence-corrected chi connectivity index (χ3v) is 5.69. The molecule has 2 aromatic rings. The van der Waals surface area contributed by atoms with E-state index < -0.39 is 0 Å². The van der Waals surface area contributed by atoms with Crippen molar-refractivity contribution in [2.45, 2.75) is 25.7 Å². The van der Waals surface area contributed by atoms with Crippen LogP contribution < -0.4 is 9.47 Å². The van der Waals surface area contributed by atoms with E-state index in [1.165, 1.54) is 0 Å². The number of methoxy groups -OCH3 is 2. The molecule has 2 aromatic carbocycles. The first-order chi connectivity index (χ1) is 13.5. The summed E-state index contributed by atoms with van der Waals surface area (Å²) in [5.74, 6) is 1.51. The summed E-state index contributed by atoms with van der Waals surface area (Å²) >= 11 is 12.3. The van der Waals surface area contributed by atoms with E-state index in [0.29, 0.717) is 34.4 Å². The van der Waals surface area contributed by atoms with Crippen molar-refractivity contribution < 1.29 is 19.7 Å². The summed E-state index contributed by atoms with van der Waals surface area (Å²) in [5.41, 5.74) is 2.15. The smallest absolute Gasteiger partial charge is 0.137 e. The van der Waals surface area contributed by atoms with Crippen LogP contribution >= 0.6 is 23.2 Å². The van der Waals surface area contributed by atoms with Crippen molar-refractivity contribution in [3.05, 3.63) is 57.6 Å². The second kappa shape index (κ2) is 11.5. The molecule has 0 fully saturated rings. The van der Waals surface area contributed by atoms with Crippen molar-refractivity contribution in [2.75, 3.05) is 27.4 Å². The quantitative estimate of drug-likeness (QED) is 0.541. The molecule has 0 saturated carbocycles. The van der Waals surface area contributed by atoms with Gasteiger partial charge < -0.3 is 19.7 Å². The summed E-state index contributed by atoms with van der Waals surface area (Å²) in [4.78, 5) is 0. The molecule has 0 unspecified atom stereocenters. The SMILES string of the molecule is COc1cc(C[C@H](CO)[C@@H](CCCO)Cc2ccc(Cl)c(OC)c2)ccc1Cl. The zero-order valence-electron chi connectivity index (χ0n) is 16.3. The van der Waals surface area contributed by atoms with Crippen LogP contribution in [-0.2, 0) is 12.8 Å². The lowest BCUT2D eigenvalue weighted by Gasteiger charge is -2.26. The molecule has 0 aliphatic heterocycles. The molecule has 0 bridgehead atoms. The fraction of sp³-hybridized carbons (Fsp3) is 0.455. The van der Waals surface area contributed by atoms with Gasteiger partial charge in [-0.1, -0.05) is 35.3 Å². The van der Waals surface area contributed by atoms with Crippen LogP contribution in [0.5, 0.6) is 11.5 Å². The van der Waals surface area contributed by atoms with Gasteiger partial charge in [-0.3, -0.25) is 0 Å². The Hall–Kier alpha value is -1.46. The Morgan fingerprint density at radius 2 is 1.32 bits per heavy atom. The minimum atomic E-state index is 0.0408. The summed E-state index contributed by atoms with van der Waals surface area (Å²) in [7, 11) is 3.19. The zero-order valence-corrected chi connectivity index (χ0v) is 17.8. The molecule has 2 atom stereocenters. The van der Waals surface area contributed by atoms with Crippen molar-refractivity contribution >= 4 is 23.2 Å². The van der Waals surface area contributed by atoms with E-state index in [4.69, 9.17) is 32.7 Å². The van der Waals surface area contributed by atoms with E-state index in [1.54, 1.807) is 14.2 Å². The summed E-state index contributed by atoms with van der Waals surface area (Å²) < 4.78 is 10.6. The molecule has 2 N–H and O–H groups in total. The predicted octanol–water partition coefficient (Wildman–Crippen LogP) is 4.79. The Bertz CT molecular complexity index is 751. The second-order valence-corrected chi connectivity index (χ2v) is 7.73. The summed E-state index contributed by atoms with van der Waals surface area (Å²) in [6.07, 6.45) is 2.97. The normalized spacial score (nSPS) is 13.2. The number of halogens is 2. The molecule has 4 nitrogen and oxygen atoms in total. The molecule has 0 spiro atoms. The van der Waals surface area contributed by atoms with E-state index in [1.807, 2.05) is 36.4 Å². The van der Waals surface area contributed by atoms with E-state index >= 15 is 0 Å². The van der Waals surface area contributed by atoms with Gasteiger partial charge in [-0.25, -0.2) is 0 Å². The highest BCUT2D eigenvalue weighted by molar-refractivity contribution is 6.32. The number of ether oxygens (including phenoxy) is 2. The van der Waals surface area contributed by atoms with Crippen molar-refractivity contribution in [2.24, 2.45) is 11.8 Å². The highest BCUT2D eigenvalue weighted by Gasteiger charge is 2.22. The van der Waals surface area contributed by atoms with Crippen molar-refractivity contribution in [1.82, 2.24) is 0 Å². The van der Waals surface area contributed by atoms with Crippen LogP contribution in [0.25, 0.3) is 0 Å².